The second kappa shape index (κ2) is 6.04. The number of fused-ring (bicyclic) bond motifs is 1. The molecule has 0 saturated heterocycles. The zero-order chi connectivity index (χ0) is 13.9. The summed E-state index contributed by atoms with van der Waals surface area (Å²) in [5.41, 5.74) is 8.32. The van der Waals surface area contributed by atoms with Gasteiger partial charge in [-0.05, 0) is 36.2 Å². The van der Waals surface area contributed by atoms with Crippen molar-refractivity contribution in [1.82, 2.24) is 4.98 Å². The van der Waals surface area contributed by atoms with Gasteiger partial charge in [-0.3, -0.25) is 0 Å². The van der Waals surface area contributed by atoms with Crippen LogP contribution in [0.2, 0.25) is 0 Å². The van der Waals surface area contributed by atoms with Gasteiger partial charge in [-0.1, -0.05) is 40.2 Å². The molecule has 1 aromatic heterocycles. The lowest BCUT2D eigenvalue weighted by Gasteiger charge is -2.12. The number of aromatic nitrogens is 1. The fraction of sp³-hybridized carbons (Fsp3) is 0.188. The van der Waals surface area contributed by atoms with E-state index in [1.807, 2.05) is 12.1 Å². The molecule has 2 N–H and O–H groups in total. The van der Waals surface area contributed by atoms with Crippen LogP contribution in [0.3, 0.4) is 0 Å². The van der Waals surface area contributed by atoms with Gasteiger partial charge in [0.15, 0.2) is 0 Å². The lowest BCUT2D eigenvalue weighted by molar-refractivity contribution is 0.690. The van der Waals surface area contributed by atoms with Crippen molar-refractivity contribution in [1.29, 1.82) is 0 Å². The van der Waals surface area contributed by atoms with Crippen molar-refractivity contribution >= 4 is 37.5 Å². The van der Waals surface area contributed by atoms with E-state index in [0.717, 1.165) is 21.4 Å². The standard InChI is InChI=1S/C16H15BrN2S/c17-13-5-3-4-11(9-13)8-12(10-18)16-19-14-6-1-2-7-15(14)20-16/h1-7,9,12H,8,10,18H2. The molecule has 4 heteroatoms. The van der Waals surface area contributed by atoms with Gasteiger partial charge in [0.2, 0.25) is 0 Å². The fourth-order valence-electron chi connectivity index (χ4n) is 2.28. The lowest BCUT2D eigenvalue weighted by atomic mass is 10.0. The zero-order valence-electron chi connectivity index (χ0n) is 10.9. The molecule has 3 rings (SSSR count). The van der Waals surface area contributed by atoms with Crippen molar-refractivity contribution in [2.75, 3.05) is 6.54 Å². The minimum absolute atomic E-state index is 0.279. The first-order valence-electron chi connectivity index (χ1n) is 6.56. The number of para-hydroxylation sites is 1. The van der Waals surface area contributed by atoms with Crippen molar-refractivity contribution in [3.05, 3.63) is 63.6 Å². The largest absolute Gasteiger partial charge is 0.330 e. The summed E-state index contributed by atoms with van der Waals surface area (Å²) in [6, 6.07) is 16.6. The second-order valence-electron chi connectivity index (χ2n) is 4.79. The quantitative estimate of drug-likeness (QED) is 0.762. The van der Waals surface area contributed by atoms with Crippen LogP contribution in [0, 0.1) is 0 Å². The Morgan fingerprint density at radius 2 is 2.00 bits per heavy atom. The smallest absolute Gasteiger partial charge is 0.0985 e. The van der Waals surface area contributed by atoms with Gasteiger partial charge in [-0.25, -0.2) is 4.98 Å². The molecule has 0 aliphatic heterocycles. The molecule has 3 aromatic rings. The SMILES string of the molecule is NCC(Cc1cccc(Br)c1)c1nc2ccccc2s1. The molecule has 0 aliphatic rings. The van der Waals surface area contributed by atoms with Gasteiger partial charge in [0, 0.05) is 16.9 Å². The second-order valence-corrected chi connectivity index (χ2v) is 6.76. The van der Waals surface area contributed by atoms with E-state index in [2.05, 4.69) is 52.3 Å². The van der Waals surface area contributed by atoms with Gasteiger partial charge >= 0.3 is 0 Å². The Balaban J connectivity index is 1.89. The van der Waals surface area contributed by atoms with E-state index in [0.29, 0.717) is 6.54 Å². The van der Waals surface area contributed by atoms with Crippen LogP contribution in [-0.4, -0.2) is 11.5 Å². The molecule has 102 valence electrons. The first kappa shape index (κ1) is 13.7. The molecule has 20 heavy (non-hydrogen) atoms. The van der Waals surface area contributed by atoms with Crippen LogP contribution in [0.1, 0.15) is 16.5 Å². The van der Waals surface area contributed by atoms with E-state index in [1.54, 1.807) is 11.3 Å². The van der Waals surface area contributed by atoms with Crippen molar-refractivity contribution in [2.45, 2.75) is 12.3 Å². The minimum atomic E-state index is 0.279. The van der Waals surface area contributed by atoms with E-state index in [-0.39, 0.29) is 5.92 Å². The Hall–Kier alpha value is -1.23. The number of hydrogen-bond acceptors (Lipinski definition) is 3. The van der Waals surface area contributed by atoms with Crippen molar-refractivity contribution in [2.24, 2.45) is 5.73 Å². The number of rotatable bonds is 4. The predicted molar refractivity (Wildman–Crippen MR) is 89.3 cm³/mol. The maximum absolute atomic E-state index is 5.97. The Kier molecular flexibility index (Phi) is 4.15. The fourth-order valence-corrected chi connectivity index (χ4v) is 3.81. The summed E-state index contributed by atoms with van der Waals surface area (Å²) in [4.78, 5) is 4.73. The molecule has 0 aliphatic carbocycles. The highest BCUT2D eigenvalue weighted by Gasteiger charge is 2.15. The van der Waals surface area contributed by atoms with Crippen LogP contribution < -0.4 is 5.73 Å². The molecule has 2 aromatic carbocycles. The van der Waals surface area contributed by atoms with E-state index < -0.39 is 0 Å². The molecule has 0 amide bonds. The van der Waals surface area contributed by atoms with E-state index in [4.69, 9.17) is 10.7 Å². The summed E-state index contributed by atoms with van der Waals surface area (Å²) < 4.78 is 2.34. The van der Waals surface area contributed by atoms with E-state index in [9.17, 15) is 0 Å². The van der Waals surface area contributed by atoms with Crippen LogP contribution >= 0.6 is 27.3 Å². The summed E-state index contributed by atoms with van der Waals surface area (Å²) in [7, 11) is 0. The highest BCUT2D eigenvalue weighted by atomic mass is 79.9. The highest BCUT2D eigenvalue weighted by molar-refractivity contribution is 9.10. The third-order valence-electron chi connectivity index (χ3n) is 3.32. The maximum Gasteiger partial charge on any atom is 0.0985 e. The van der Waals surface area contributed by atoms with Gasteiger partial charge in [0.1, 0.15) is 0 Å². The molecular weight excluding hydrogens is 332 g/mol. The first-order valence-corrected chi connectivity index (χ1v) is 8.17. The Labute approximate surface area is 130 Å². The summed E-state index contributed by atoms with van der Waals surface area (Å²) >= 11 is 5.26. The summed E-state index contributed by atoms with van der Waals surface area (Å²) in [6.07, 6.45) is 0.926. The predicted octanol–water partition coefficient (Wildman–Crippen LogP) is 4.34. The molecular formula is C16H15BrN2S. The van der Waals surface area contributed by atoms with Crippen LogP contribution in [0.15, 0.2) is 53.0 Å². The molecule has 0 saturated carbocycles. The molecule has 0 radical (unpaired) electrons. The number of nitrogens with two attached hydrogens (primary N) is 1. The van der Waals surface area contributed by atoms with Crippen LogP contribution in [0.25, 0.3) is 10.2 Å². The number of nitrogens with zero attached hydrogens (tertiary/aromatic N) is 1. The first-order chi connectivity index (χ1) is 9.76. The molecule has 1 atom stereocenters. The maximum atomic E-state index is 5.97. The lowest BCUT2D eigenvalue weighted by Crippen LogP contribution is -2.14. The van der Waals surface area contributed by atoms with E-state index in [1.165, 1.54) is 10.3 Å². The number of hydrogen-bond donors (Lipinski definition) is 1. The summed E-state index contributed by atoms with van der Waals surface area (Å²) in [6.45, 7) is 0.617. The van der Waals surface area contributed by atoms with Gasteiger partial charge < -0.3 is 5.73 Å². The topological polar surface area (TPSA) is 38.9 Å². The van der Waals surface area contributed by atoms with Gasteiger partial charge in [-0.2, -0.15) is 0 Å². The Morgan fingerprint density at radius 3 is 2.75 bits per heavy atom. The molecule has 2 nitrogen and oxygen atoms in total. The van der Waals surface area contributed by atoms with Crippen LogP contribution in [0.5, 0.6) is 0 Å². The van der Waals surface area contributed by atoms with Crippen molar-refractivity contribution in [3.8, 4) is 0 Å². The van der Waals surface area contributed by atoms with Gasteiger partial charge in [0.25, 0.3) is 0 Å². The number of thiazole rings is 1. The molecule has 0 fully saturated rings. The molecule has 1 heterocycles. The summed E-state index contributed by atoms with van der Waals surface area (Å²) in [5.74, 6) is 0.279. The van der Waals surface area contributed by atoms with Crippen molar-refractivity contribution < 1.29 is 0 Å². The summed E-state index contributed by atoms with van der Waals surface area (Å²) in [5, 5.41) is 1.13. The third kappa shape index (κ3) is 2.92. The van der Waals surface area contributed by atoms with E-state index >= 15 is 0 Å². The van der Waals surface area contributed by atoms with Gasteiger partial charge in [0.05, 0.1) is 15.2 Å². The molecule has 1 unspecified atom stereocenters. The van der Waals surface area contributed by atoms with Crippen molar-refractivity contribution in [3.63, 3.8) is 0 Å². The number of benzene rings is 2. The monoisotopic (exact) mass is 346 g/mol. The average molecular weight is 347 g/mol. The Morgan fingerprint density at radius 1 is 1.15 bits per heavy atom. The highest BCUT2D eigenvalue weighted by Crippen LogP contribution is 2.29. The Bertz CT molecular complexity index is 690. The minimum Gasteiger partial charge on any atom is -0.330 e. The third-order valence-corrected chi connectivity index (χ3v) is 5.01. The zero-order valence-corrected chi connectivity index (χ0v) is 13.3. The van der Waals surface area contributed by atoms with Gasteiger partial charge in [-0.15, -0.1) is 11.3 Å². The number of halogens is 1. The van der Waals surface area contributed by atoms with Crippen LogP contribution in [-0.2, 0) is 6.42 Å². The van der Waals surface area contributed by atoms with Crippen LogP contribution in [0.4, 0.5) is 0 Å². The molecule has 0 spiro atoms. The molecule has 0 bridgehead atoms. The normalized spacial score (nSPS) is 12.7. The average Bonchev–Trinajstić information content (AvgIpc) is 2.88.